The van der Waals surface area contributed by atoms with Gasteiger partial charge in [0.1, 0.15) is 11.1 Å². The molecule has 1 aromatic carbocycles. The molecule has 0 aromatic heterocycles. The molecule has 104 valence electrons. The molecule has 1 atom stereocenters. The molecule has 7 heteroatoms. The molecule has 0 saturated carbocycles. The third kappa shape index (κ3) is 3.63. The van der Waals surface area contributed by atoms with Gasteiger partial charge in [-0.2, -0.15) is 11.8 Å². The second-order valence-electron chi connectivity index (χ2n) is 4.23. The molecule has 2 rings (SSSR count). The van der Waals surface area contributed by atoms with E-state index in [1.807, 2.05) is 6.07 Å². The Kier molecular flexibility index (Phi) is 4.36. The molecule has 0 aliphatic carbocycles. The summed E-state index contributed by atoms with van der Waals surface area (Å²) in [6, 6.07) is 8.64. The van der Waals surface area contributed by atoms with Crippen molar-refractivity contribution in [3.8, 4) is 5.75 Å². The standard InChI is InChI=1S/C12H15NO4S2/c1-19(15,16)11-9-18-8-7-13(11)12(14)17-10-5-3-2-4-6-10/h2-6,11H,7-9H2,1H3. The van der Waals surface area contributed by atoms with E-state index in [9.17, 15) is 13.2 Å². The van der Waals surface area contributed by atoms with E-state index >= 15 is 0 Å². The first kappa shape index (κ1) is 14.2. The maximum absolute atomic E-state index is 12.1. The second kappa shape index (κ2) is 5.83. The lowest BCUT2D eigenvalue weighted by Crippen LogP contribution is -2.50. The molecule has 1 unspecified atom stereocenters. The van der Waals surface area contributed by atoms with Crippen molar-refractivity contribution in [1.29, 1.82) is 0 Å². The first-order valence-corrected chi connectivity index (χ1v) is 8.89. The monoisotopic (exact) mass is 301 g/mol. The van der Waals surface area contributed by atoms with Gasteiger partial charge in [0, 0.05) is 24.3 Å². The second-order valence-corrected chi connectivity index (χ2v) is 7.59. The summed E-state index contributed by atoms with van der Waals surface area (Å²) >= 11 is 1.53. The average molecular weight is 301 g/mol. The van der Waals surface area contributed by atoms with Crippen LogP contribution < -0.4 is 4.74 Å². The van der Waals surface area contributed by atoms with Gasteiger partial charge < -0.3 is 4.74 Å². The Labute approximate surface area is 116 Å². The van der Waals surface area contributed by atoms with Gasteiger partial charge in [-0.1, -0.05) is 18.2 Å². The van der Waals surface area contributed by atoms with Crippen LogP contribution in [0.2, 0.25) is 0 Å². The Morgan fingerprint density at radius 3 is 2.68 bits per heavy atom. The predicted molar refractivity (Wildman–Crippen MR) is 75.1 cm³/mol. The number of carbonyl (C=O) groups is 1. The molecule has 1 aromatic rings. The zero-order valence-corrected chi connectivity index (χ0v) is 12.1. The van der Waals surface area contributed by atoms with Gasteiger partial charge in [0.25, 0.3) is 0 Å². The first-order chi connectivity index (χ1) is 8.98. The molecule has 1 aliphatic rings. The molecule has 1 saturated heterocycles. The molecular weight excluding hydrogens is 286 g/mol. The normalized spacial score (nSPS) is 20.1. The van der Waals surface area contributed by atoms with Gasteiger partial charge in [0.05, 0.1) is 0 Å². The van der Waals surface area contributed by atoms with Gasteiger partial charge in [0.15, 0.2) is 9.84 Å². The number of rotatable bonds is 2. The molecule has 0 spiro atoms. The molecule has 0 radical (unpaired) electrons. The number of sulfone groups is 1. The average Bonchev–Trinajstić information content (AvgIpc) is 2.39. The molecular formula is C12H15NO4S2. The van der Waals surface area contributed by atoms with Crippen LogP contribution in [-0.4, -0.2) is 49.1 Å². The van der Waals surface area contributed by atoms with Crippen LogP contribution in [0.1, 0.15) is 0 Å². The van der Waals surface area contributed by atoms with Gasteiger partial charge in [0.2, 0.25) is 0 Å². The highest BCUT2D eigenvalue weighted by atomic mass is 32.2. The van der Waals surface area contributed by atoms with E-state index in [1.165, 1.54) is 16.7 Å². The fourth-order valence-electron chi connectivity index (χ4n) is 1.79. The Morgan fingerprint density at radius 1 is 1.37 bits per heavy atom. The van der Waals surface area contributed by atoms with E-state index in [0.29, 0.717) is 18.0 Å². The largest absolute Gasteiger partial charge is 0.416 e. The first-order valence-electron chi connectivity index (χ1n) is 5.78. The highest BCUT2D eigenvalue weighted by Gasteiger charge is 2.35. The lowest BCUT2D eigenvalue weighted by atomic mass is 10.3. The van der Waals surface area contributed by atoms with E-state index in [-0.39, 0.29) is 0 Å². The van der Waals surface area contributed by atoms with Crippen molar-refractivity contribution >= 4 is 27.7 Å². The lowest BCUT2D eigenvalue weighted by Gasteiger charge is -2.32. The number of carbonyl (C=O) groups excluding carboxylic acids is 1. The van der Waals surface area contributed by atoms with Crippen molar-refractivity contribution < 1.29 is 17.9 Å². The van der Waals surface area contributed by atoms with Crippen molar-refractivity contribution in [2.24, 2.45) is 0 Å². The van der Waals surface area contributed by atoms with Gasteiger partial charge in [-0.25, -0.2) is 13.2 Å². The van der Waals surface area contributed by atoms with Crippen molar-refractivity contribution in [1.82, 2.24) is 4.90 Å². The summed E-state index contributed by atoms with van der Waals surface area (Å²) < 4.78 is 28.6. The Morgan fingerprint density at radius 2 is 2.05 bits per heavy atom. The van der Waals surface area contributed by atoms with Crippen LogP contribution in [0, 0.1) is 0 Å². The van der Waals surface area contributed by atoms with Crippen molar-refractivity contribution in [3.63, 3.8) is 0 Å². The van der Waals surface area contributed by atoms with E-state index in [0.717, 1.165) is 12.0 Å². The summed E-state index contributed by atoms with van der Waals surface area (Å²) in [5.74, 6) is 1.52. The van der Waals surface area contributed by atoms with Crippen molar-refractivity contribution in [3.05, 3.63) is 30.3 Å². The molecule has 1 aliphatic heterocycles. The summed E-state index contributed by atoms with van der Waals surface area (Å²) in [5, 5.41) is -0.803. The summed E-state index contributed by atoms with van der Waals surface area (Å²) in [6.45, 7) is 0.383. The zero-order chi connectivity index (χ0) is 13.9. The SMILES string of the molecule is CS(=O)(=O)C1CSCCN1C(=O)Oc1ccccc1. The maximum Gasteiger partial charge on any atom is 0.416 e. The summed E-state index contributed by atoms with van der Waals surface area (Å²) in [6.07, 6.45) is 0.536. The third-order valence-corrected chi connectivity index (χ3v) is 5.40. The number of amides is 1. The number of thioether (sulfide) groups is 1. The fraction of sp³-hybridized carbons (Fsp3) is 0.417. The Hall–Kier alpha value is -1.21. The van der Waals surface area contributed by atoms with E-state index in [1.54, 1.807) is 24.3 Å². The van der Waals surface area contributed by atoms with Crippen molar-refractivity contribution in [2.75, 3.05) is 24.3 Å². The molecule has 1 heterocycles. The predicted octanol–water partition coefficient (Wildman–Crippen LogP) is 1.60. The number of ether oxygens (including phenoxy) is 1. The van der Waals surface area contributed by atoms with E-state index in [2.05, 4.69) is 0 Å². The van der Waals surface area contributed by atoms with Gasteiger partial charge in [-0.05, 0) is 12.1 Å². The van der Waals surface area contributed by atoms with E-state index < -0.39 is 21.3 Å². The van der Waals surface area contributed by atoms with Crippen LogP contribution in [0.3, 0.4) is 0 Å². The maximum atomic E-state index is 12.1. The third-order valence-electron chi connectivity index (χ3n) is 2.76. The molecule has 0 bridgehead atoms. The molecule has 19 heavy (non-hydrogen) atoms. The minimum Gasteiger partial charge on any atom is -0.410 e. The quantitative estimate of drug-likeness (QED) is 0.830. The van der Waals surface area contributed by atoms with Crippen molar-refractivity contribution in [2.45, 2.75) is 5.37 Å². The van der Waals surface area contributed by atoms with Crippen LogP contribution in [0.25, 0.3) is 0 Å². The van der Waals surface area contributed by atoms with Crippen LogP contribution in [0.15, 0.2) is 30.3 Å². The fourth-order valence-corrected chi connectivity index (χ4v) is 4.60. The van der Waals surface area contributed by atoms with Gasteiger partial charge >= 0.3 is 6.09 Å². The zero-order valence-electron chi connectivity index (χ0n) is 10.5. The van der Waals surface area contributed by atoms with Gasteiger partial charge in [-0.15, -0.1) is 0 Å². The highest BCUT2D eigenvalue weighted by molar-refractivity contribution is 8.00. The number of hydrogen-bond acceptors (Lipinski definition) is 5. The molecule has 1 fully saturated rings. The number of nitrogens with zero attached hydrogens (tertiary/aromatic N) is 1. The van der Waals surface area contributed by atoms with E-state index in [4.69, 9.17) is 4.74 Å². The Balaban J connectivity index is 2.12. The smallest absolute Gasteiger partial charge is 0.410 e. The summed E-state index contributed by atoms with van der Waals surface area (Å²) in [4.78, 5) is 13.3. The highest BCUT2D eigenvalue weighted by Crippen LogP contribution is 2.22. The van der Waals surface area contributed by atoms with Gasteiger partial charge in [-0.3, -0.25) is 4.90 Å². The van der Waals surface area contributed by atoms with Crippen LogP contribution in [-0.2, 0) is 9.84 Å². The molecule has 0 N–H and O–H groups in total. The molecule has 5 nitrogen and oxygen atoms in total. The number of para-hydroxylation sites is 1. The summed E-state index contributed by atoms with van der Waals surface area (Å²) in [7, 11) is -3.31. The van der Waals surface area contributed by atoms with Crippen LogP contribution in [0.5, 0.6) is 5.75 Å². The minimum atomic E-state index is -3.31. The van der Waals surface area contributed by atoms with Crippen LogP contribution >= 0.6 is 11.8 Å². The number of benzene rings is 1. The molecule has 1 amide bonds. The van der Waals surface area contributed by atoms with Crippen LogP contribution in [0.4, 0.5) is 4.79 Å². The Bertz CT molecular complexity index is 544. The number of hydrogen-bond donors (Lipinski definition) is 0. The summed E-state index contributed by atoms with van der Waals surface area (Å²) in [5.41, 5.74) is 0. The minimum absolute atomic E-state index is 0.383. The lowest BCUT2D eigenvalue weighted by molar-refractivity contribution is 0.151. The topological polar surface area (TPSA) is 63.7 Å².